The normalized spacial score (nSPS) is 28.2. The summed E-state index contributed by atoms with van der Waals surface area (Å²) >= 11 is 0. The maximum absolute atomic E-state index is 6.24. The van der Waals surface area contributed by atoms with Crippen LogP contribution in [0.25, 0.3) is 5.69 Å². The Morgan fingerprint density at radius 2 is 2.13 bits per heavy atom. The molecule has 3 heterocycles. The molecule has 2 fully saturated rings. The molecule has 0 unspecified atom stereocenters. The van der Waals surface area contributed by atoms with E-state index in [0.29, 0.717) is 6.61 Å². The largest absolute Gasteiger partial charge is 0.378 e. The smallest absolute Gasteiger partial charge is 0.250 e. The Morgan fingerprint density at radius 1 is 1.26 bits per heavy atom. The standard InChI is InChI=1S/C16H21N5O2/c1-13-10-20(11-16(23-13)8-5-9-22-12-16)15-17-18-19-21(15)14-6-3-2-4-7-14/h2-4,6-7,13H,5,8-12H2,1H3/t13-,16+/m1/s1. The molecule has 0 saturated carbocycles. The fourth-order valence-electron chi connectivity index (χ4n) is 3.54. The maximum Gasteiger partial charge on any atom is 0.250 e. The quantitative estimate of drug-likeness (QED) is 0.835. The summed E-state index contributed by atoms with van der Waals surface area (Å²) < 4.78 is 13.7. The van der Waals surface area contributed by atoms with E-state index in [0.717, 1.165) is 44.2 Å². The molecule has 2 aliphatic heterocycles. The van der Waals surface area contributed by atoms with Crippen molar-refractivity contribution in [1.82, 2.24) is 20.2 Å². The minimum atomic E-state index is -0.247. The van der Waals surface area contributed by atoms with Crippen molar-refractivity contribution in [3.63, 3.8) is 0 Å². The summed E-state index contributed by atoms with van der Waals surface area (Å²) in [6, 6.07) is 9.96. The third kappa shape index (κ3) is 2.82. The van der Waals surface area contributed by atoms with Gasteiger partial charge in [-0.2, -0.15) is 4.68 Å². The fourth-order valence-corrected chi connectivity index (χ4v) is 3.54. The lowest BCUT2D eigenvalue weighted by molar-refractivity contribution is -0.161. The number of benzene rings is 1. The number of ether oxygens (including phenoxy) is 2. The van der Waals surface area contributed by atoms with Gasteiger partial charge in [0, 0.05) is 13.2 Å². The number of aromatic nitrogens is 4. The Labute approximate surface area is 135 Å². The Balaban J connectivity index is 1.64. The van der Waals surface area contributed by atoms with Crippen LogP contribution in [0.1, 0.15) is 19.8 Å². The van der Waals surface area contributed by atoms with E-state index in [2.05, 4.69) is 27.3 Å². The zero-order valence-corrected chi connectivity index (χ0v) is 13.3. The van der Waals surface area contributed by atoms with Crippen molar-refractivity contribution in [2.75, 3.05) is 31.2 Å². The summed E-state index contributed by atoms with van der Waals surface area (Å²) in [4.78, 5) is 2.22. The summed E-state index contributed by atoms with van der Waals surface area (Å²) in [5.41, 5.74) is 0.712. The molecule has 0 bridgehead atoms. The van der Waals surface area contributed by atoms with Crippen LogP contribution in [0.15, 0.2) is 30.3 Å². The Kier molecular flexibility index (Phi) is 3.74. The minimum absolute atomic E-state index is 0.117. The van der Waals surface area contributed by atoms with E-state index >= 15 is 0 Å². The van der Waals surface area contributed by atoms with Crippen molar-refractivity contribution >= 4 is 5.95 Å². The predicted octanol–water partition coefficient (Wildman–Crippen LogP) is 1.44. The lowest BCUT2D eigenvalue weighted by atomic mass is 9.93. The number of morpholine rings is 1. The van der Waals surface area contributed by atoms with Crippen molar-refractivity contribution in [2.45, 2.75) is 31.5 Å². The first-order chi connectivity index (χ1) is 11.3. The molecule has 7 nitrogen and oxygen atoms in total. The van der Waals surface area contributed by atoms with Gasteiger partial charge in [-0.1, -0.05) is 23.3 Å². The number of nitrogens with zero attached hydrogens (tertiary/aromatic N) is 5. The van der Waals surface area contributed by atoms with Crippen LogP contribution in [0.3, 0.4) is 0 Å². The highest BCUT2D eigenvalue weighted by molar-refractivity contribution is 5.41. The van der Waals surface area contributed by atoms with Gasteiger partial charge in [0.25, 0.3) is 5.95 Å². The van der Waals surface area contributed by atoms with Crippen LogP contribution >= 0.6 is 0 Å². The van der Waals surface area contributed by atoms with Crippen LogP contribution in [0.4, 0.5) is 5.95 Å². The lowest BCUT2D eigenvalue weighted by Crippen LogP contribution is -2.59. The molecule has 2 aliphatic rings. The van der Waals surface area contributed by atoms with Crippen molar-refractivity contribution in [2.24, 2.45) is 0 Å². The summed E-state index contributed by atoms with van der Waals surface area (Å²) in [6.45, 7) is 5.08. The summed E-state index contributed by atoms with van der Waals surface area (Å²) in [5.74, 6) is 0.760. The first kappa shape index (κ1) is 14.6. The molecule has 0 radical (unpaired) electrons. The molecule has 2 saturated heterocycles. The van der Waals surface area contributed by atoms with E-state index in [4.69, 9.17) is 9.47 Å². The SMILES string of the molecule is C[C@@H]1CN(c2nnnn2-c2ccccc2)C[C@]2(CCCOC2)O1. The van der Waals surface area contributed by atoms with Gasteiger partial charge in [-0.3, -0.25) is 0 Å². The van der Waals surface area contributed by atoms with Gasteiger partial charge in [0.05, 0.1) is 24.9 Å². The van der Waals surface area contributed by atoms with Crippen LogP contribution in [-0.4, -0.2) is 58.2 Å². The summed E-state index contributed by atoms with van der Waals surface area (Å²) in [6.07, 6.45) is 2.16. The van der Waals surface area contributed by atoms with Crippen LogP contribution < -0.4 is 4.90 Å². The number of anilines is 1. The second-order valence-corrected chi connectivity index (χ2v) is 6.37. The highest BCUT2D eigenvalue weighted by atomic mass is 16.6. The summed E-state index contributed by atoms with van der Waals surface area (Å²) in [7, 11) is 0. The van der Waals surface area contributed by atoms with Crippen LogP contribution in [0.5, 0.6) is 0 Å². The zero-order valence-electron chi connectivity index (χ0n) is 13.3. The molecule has 1 aromatic carbocycles. The number of para-hydroxylation sites is 1. The van der Waals surface area contributed by atoms with Crippen LogP contribution in [-0.2, 0) is 9.47 Å². The van der Waals surface area contributed by atoms with Crippen LogP contribution in [0.2, 0.25) is 0 Å². The van der Waals surface area contributed by atoms with Crippen molar-refractivity contribution in [3.05, 3.63) is 30.3 Å². The van der Waals surface area contributed by atoms with E-state index in [1.807, 2.05) is 30.3 Å². The van der Waals surface area contributed by atoms with Gasteiger partial charge in [0.2, 0.25) is 0 Å². The average Bonchev–Trinajstić information content (AvgIpc) is 3.05. The molecule has 23 heavy (non-hydrogen) atoms. The molecule has 4 rings (SSSR count). The number of hydrogen-bond acceptors (Lipinski definition) is 6. The maximum atomic E-state index is 6.24. The Hall–Kier alpha value is -1.99. The van der Waals surface area contributed by atoms with Crippen LogP contribution in [0, 0.1) is 0 Å². The van der Waals surface area contributed by atoms with Gasteiger partial charge in [-0.25, -0.2) is 0 Å². The lowest BCUT2D eigenvalue weighted by Gasteiger charge is -2.47. The fraction of sp³-hybridized carbons (Fsp3) is 0.562. The number of rotatable bonds is 2. The van der Waals surface area contributed by atoms with E-state index < -0.39 is 0 Å². The number of tetrazole rings is 1. The topological polar surface area (TPSA) is 65.3 Å². The third-order valence-electron chi connectivity index (χ3n) is 4.43. The average molecular weight is 315 g/mol. The highest BCUT2D eigenvalue weighted by Gasteiger charge is 2.42. The van der Waals surface area contributed by atoms with E-state index in [1.54, 1.807) is 4.68 Å². The van der Waals surface area contributed by atoms with E-state index in [1.165, 1.54) is 0 Å². The van der Waals surface area contributed by atoms with Crippen molar-refractivity contribution in [3.8, 4) is 5.69 Å². The second-order valence-electron chi connectivity index (χ2n) is 6.37. The molecule has 122 valence electrons. The first-order valence-corrected chi connectivity index (χ1v) is 8.10. The molecule has 0 N–H and O–H groups in total. The first-order valence-electron chi connectivity index (χ1n) is 8.10. The molecule has 2 atom stereocenters. The second kappa shape index (κ2) is 5.90. The van der Waals surface area contributed by atoms with Crippen molar-refractivity contribution in [1.29, 1.82) is 0 Å². The number of hydrogen-bond donors (Lipinski definition) is 0. The molecule has 1 spiro atoms. The van der Waals surface area contributed by atoms with Crippen molar-refractivity contribution < 1.29 is 9.47 Å². The van der Waals surface area contributed by atoms with Gasteiger partial charge in [-0.05, 0) is 42.3 Å². The minimum Gasteiger partial charge on any atom is -0.378 e. The zero-order chi connectivity index (χ0) is 15.7. The van der Waals surface area contributed by atoms with Gasteiger partial charge in [0.15, 0.2) is 0 Å². The molecule has 7 heteroatoms. The van der Waals surface area contributed by atoms with Gasteiger partial charge >= 0.3 is 0 Å². The molecular formula is C16H21N5O2. The molecule has 0 amide bonds. The molecular weight excluding hydrogens is 294 g/mol. The monoisotopic (exact) mass is 315 g/mol. The highest BCUT2D eigenvalue weighted by Crippen LogP contribution is 2.32. The van der Waals surface area contributed by atoms with Gasteiger partial charge < -0.3 is 14.4 Å². The molecule has 2 aromatic rings. The molecule has 1 aromatic heterocycles. The van der Waals surface area contributed by atoms with E-state index in [-0.39, 0.29) is 11.7 Å². The predicted molar refractivity (Wildman–Crippen MR) is 84.7 cm³/mol. The van der Waals surface area contributed by atoms with Gasteiger partial charge in [-0.15, -0.1) is 0 Å². The Bertz CT molecular complexity index is 654. The summed E-state index contributed by atoms with van der Waals surface area (Å²) in [5, 5.41) is 12.3. The van der Waals surface area contributed by atoms with Gasteiger partial charge in [0.1, 0.15) is 5.60 Å². The third-order valence-corrected chi connectivity index (χ3v) is 4.43. The Morgan fingerprint density at radius 3 is 2.91 bits per heavy atom. The van der Waals surface area contributed by atoms with E-state index in [9.17, 15) is 0 Å². The molecule has 0 aliphatic carbocycles.